The van der Waals surface area contributed by atoms with Gasteiger partial charge in [0.05, 0.1) is 0 Å². The quantitative estimate of drug-likeness (QED) is 0.550. The van der Waals surface area contributed by atoms with Crippen LogP contribution in [0.4, 0.5) is 0 Å². The summed E-state index contributed by atoms with van der Waals surface area (Å²) in [4.78, 5) is 2.80. The molecule has 152 valence electrons. The van der Waals surface area contributed by atoms with Gasteiger partial charge < -0.3 is 4.74 Å². The first kappa shape index (κ1) is 21.5. The van der Waals surface area contributed by atoms with Gasteiger partial charge in [-0.3, -0.25) is 4.90 Å². The van der Waals surface area contributed by atoms with Crippen molar-refractivity contribution in [2.24, 2.45) is 0 Å². The fourth-order valence-corrected chi connectivity index (χ4v) is 5.03. The molecule has 1 unspecified atom stereocenters. The van der Waals surface area contributed by atoms with Gasteiger partial charge in [0.1, 0.15) is 12.4 Å². The van der Waals surface area contributed by atoms with E-state index in [0.29, 0.717) is 12.1 Å². The molecule has 1 spiro atoms. The Hall–Kier alpha value is -1.22. The average molecular weight is 420 g/mol. The van der Waals surface area contributed by atoms with Crippen LogP contribution in [0.5, 0.6) is 5.75 Å². The maximum Gasteiger partial charge on any atom is 0.120 e. The topological polar surface area (TPSA) is 12.5 Å². The number of benzene rings is 2. The maximum absolute atomic E-state index is 6.04. The van der Waals surface area contributed by atoms with Crippen LogP contribution in [-0.2, 0) is 19.4 Å². The molecule has 4 heteroatoms. The Morgan fingerprint density at radius 2 is 1.86 bits per heavy atom. The molecule has 0 amide bonds. The second kappa shape index (κ2) is 9.52. The molecule has 4 rings (SSSR count). The van der Waals surface area contributed by atoms with E-state index in [1.807, 2.05) is 24.3 Å². The van der Waals surface area contributed by atoms with Crippen molar-refractivity contribution < 1.29 is 4.74 Å². The van der Waals surface area contributed by atoms with Crippen LogP contribution in [-0.4, -0.2) is 23.5 Å². The highest BCUT2D eigenvalue weighted by Crippen LogP contribution is 2.40. The third kappa shape index (κ3) is 4.67. The minimum atomic E-state index is 0. The summed E-state index contributed by atoms with van der Waals surface area (Å²) in [5.74, 6) is 0.980. The summed E-state index contributed by atoms with van der Waals surface area (Å²) < 4.78 is 6.04. The number of hydrogen-bond donors (Lipinski definition) is 0. The van der Waals surface area contributed by atoms with Gasteiger partial charge in [0.15, 0.2) is 0 Å². The molecule has 2 aromatic carbocycles. The van der Waals surface area contributed by atoms with E-state index in [9.17, 15) is 0 Å². The standard InChI is InChI=1S/C24H30ClNO.ClH/c1-2-14-26-15-4-3-12-24(26)13-11-20-16-23(10-7-21(20)17-24)27-18-19-5-8-22(25)9-6-19;/h5-10,16H,2-4,11-15,17-18H2,1H3;1H. The summed E-state index contributed by atoms with van der Waals surface area (Å²) in [6.45, 7) is 5.43. The normalized spacial score (nSPS) is 21.8. The highest BCUT2D eigenvalue weighted by atomic mass is 35.5. The van der Waals surface area contributed by atoms with Crippen molar-refractivity contribution in [3.8, 4) is 5.75 Å². The molecule has 0 radical (unpaired) electrons. The third-order valence-corrected chi connectivity index (χ3v) is 6.61. The van der Waals surface area contributed by atoms with Crippen molar-refractivity contribution in [2.75, 3.05) is 13.1 Å². The molecule has 2 nitrogen and oxygen atoms in total. The molecule has 0 saturated carbocycles. The number of likely N-dealkylation sites (tertiary alicyclic amines) is 1. The van der Waals surface area contributed by atoms with Gasteiger partial charge in [0.25, 0.3) is 0 Å². The molecule has 28 heavy (non-hydrogen) atoms. The van der Waals surface area contributed by atoms with Crippen LogP contribution in [0.15, 0.2) is 42.5 Å². The Labute approximate surface area is 180 Å². The fourth-order valence-electron chi connectivity index (χ4n) is 4.91. The van der Waals surface area contributed by atoms with Gasteiger partial charge >= 0.3 is 0 Å². The van der Waals surface area contributed by atoms with Crippen molar-refractivity contribution in [1.29, 1.82) is 0 Å². The number of rotatable bonds is 5. The highest BCUT2D eigenvalue weighted by molar-refractivity contribution is 6.30. The maximum atomic E-state index is 6.04. The van der Waals surface area contributed by atoms with Gasteiger partial charge in [-0.2, -0.15) is 0 Å². The summed E-state index contributed by atoms with van der Waals surface area (Å²) >= 11 is 5.96. The Kier molecular flexibility index (Phi) is 7.31. The lowest BCUT2D eigenvalue weighted by atomic mass is 9.72. The highest BCUT2D eigenvalue weighted by Gasteiger charge is 2.40. The predicted octanol–water partition coefficient (Wildman–Crippen LogP) is 6.46. The van der Waals surface area contributed by atoms with E-state index in [-0.39, 0.29) is 12.4 Å². The average Bonchev–Trinajstić information content (AvgIpc) is 2.70. The van der Waals surface area contributed by atoms with Crippen molar-refractivity contribution in [2.45, 2.75) is 64.0 Å². The Morgan fingerprint density at radius 1 is 1.04 bits per heavy atom. The van der Waals surface area contributed by atoms with E-state index in [4.69, 9.17) is 16.3 Å². The lowest BCUT2D eigenvalue weighted by Gasteiger charge is -2.50. The second-order valence-corrected chi connectivity index (χ2v) is 8.63. The number of aryl methyl sites for hydroxylation is 1. The second-order valence-electron chi connectivity index (χ2n) is 8.19. The van der Waals surface area contributed by atoms with Crippen LogP contribution in [0.2, 0.25) is 5.02 Å². The minimum Gasteiger partial charge on any atom is -0.489 e. The monoisotopic (exact) mass is 419 g/mol. The Bertz CT molecular complexity index is 775. The van der Waals surface area contributed by atoms with Crippen LogP contribution < -0.4 is 4.74 Å². The van der Waals surface area contributed by atoms with Crippen LogP contribution in [0, 0.1) is 0 Å². The zero-order chi connectivity index (χ0) is 18.7. The number of fused-ring (bicyclic) bond motifs is 1. The molecule has 1 saturated heterocycles. The molecule has 0 N–H and O–H groups in total. The number of halogens is 2. The molecule has 1 aliphatic heterocycles. The van der Waals surface area contributed by atoms with Gasteiger partial charge in [0, 0.05) is 10.6 Å². The van der Waals surface area contributed by atoms with Crippen LogP contribution in [0.3, 0.4) is 0 Å². The molecule has 0 bridgehead atoms. The lowest BCUT2D eigenvalue weighted by molar-refractivity contribution is 0.0340. The number of nitrogens with zero attached hydrogens (tertiary/aromatic N) is 1. The number of ether oxygens (including phenoxy) is 1. The van der Waals surface area contributed by atoms with E-state index >= 15 is 0 Å². The first-order valence-electron chi connectivity index (χ1n) is 10.4. The molecule has 2 aliphatic rings. The zero-order valence-corrected chi connectivity index (χ0v) is 18.3. The molecular weight excluding hydrogens is 389 g/mol. The SMILES string of the molecule is CCCN1CCCCC12CCc1cc(OCc3ccc(Cl)cc3)ccc1C2.Cl. The smallest absolute Gasteiger partial charge is 0.120 e. The summed E-state index contributed by atoms with van der Waals surface area (Å²) in [6, 6.07) is 14.6. The van der Waals surface area contributed by atoms with Crippen molar-refractivity contribution in [1.82, 2.24) is 4.90 Å². The molecule has 1 fully saturated rings. The number of hydrogen-bond acceptors (Lipinski definition) is 2. The van der Waals surface area contributed by atoms with Crippen LogP contribution in [0.1, 0.15) is 55.7 Å². The van der Waals surface area contributed by atoms with Crippen molar-refractivity contribution >= 4 is 24.0 Å². The largest absolute Gasteiger partial charge is 0.489 e. The van der Waals surface area contributed by atoms with Gasteiger partial charge in [-0.05, 0) is 92.6 Å². The Balaban J connectivity index is 0.00000225. The van der Waals surface area contributed by atoms with Crippen LogP contribution in [0.25, 0.3) is 0 Å². The third-order valence-electron chi connectivity index (χ3n) is 6.36. The lowest BCUT2D eigenvalue weighted by Crippen LogP contribution is -2.55. The summed E-state index contributed by atoms with van der Waals surface area (Å²) in [5, 5.41) is 0.765. The first-order valence-corrected chi connectivity index (χ1v) is 10.8. The van der Waals surface area contributed by atoms with Crippen LogP contribution >= 0.6 is 24.0 Å². The van der Waals surface area contributed by atoms with E-state index in [1.165, 1.54) is 69.2 Å². The molecule has 1 heterocycles. The molecule has 2 aromatic rings. The van der Waals surface area contributed by atoms with E-state index in [2.05, 4.69) is 30.0 Å². The molecule has 1 atom stereocenters. The van der Waals surface area contributed by atoms with E-state index in [1.54, 1.807) is 0 Å². The van der Waals surface area contributed by atoms with Gasteiger partial charge in [-0.15, -0.1) is 12.4 Å². The molecule has 0 aromatic heterocycles. The fraction of sp³-hybridized carbons (Fsp3) is 0.500. The summed E-state index contributed by atoms with van der Waals surface area (Å²) in [6.07, 6.45) is 9.05. The van der Waals surface area contributed by atoms with Gasteiger partial charge in [-0.25, -0.2) is 0 Å². The molecule has 1 aliphatic carbocycles. The predicted molar refractivity (Wildman–Crippen MR) is 120 cm³/mol. The zero-order valence-electron chi connectivity index (χ0n) is 16.8. The van der Waals surface area contributed by atoms with Gasteiger partial charge in [0.2, 0.25) is 0 Å². The minimum absolute atomic E-state index is 0. The van der Waals surface area contributed by atoms with Gasteiger partial charge in [-0.1, -0.05) is 43.1 Å². The Morgan fingerprint density at radius 3 is 2.64 bits per heavy atom. The first-order chi connectivity index (χ1) is 13.2. The van der Waals surface area contributed by atoms with Crippen molar-refractivity contribution in [3.63, 3.8) is 0 Å². The summed E-state index contributed by atoms with van der Waals surface area (Å²) in [5.41, 5.74) is 4.57. The van der Waals surface area contributed by atoms with Crippen molar-refractivity contribution in [3.05, 3.63) is 64.2 Å². The van der Waals surface area contributed by atoms with E-state index < -0.39 is 0 Å². The molecular formula is C24H31Cl2NO. The summed E-state index contributed by atoms with van der Waals surface area (Å²) in [7, 11) is 0. The van der Waals surface area contributed by atoms with E-state index in [0.717, 1.165) is 16.3 Å². The number of piperidine rings is 1.